The number of aryl methyl sites for hydroxylation is 3. The zero-order valence-electron chi connectivity index (χ0n) is 15.5. The highest BCUT2D eigenvalue weighted by molar-refractivity contribution is 5.93. The van der Waals surface area contributed by atoms with Crippen molar-refractivity contribution in [2.75, 3.05) is 5.32 Å². The van der Waals surface area contributed by atoms with Crippen molar-refractivity contribution in [3.8, 4) is 0 Å². The number of hydrogen-bond acceptors (Lipinski definition) is 5. The van der Waals surface area contributed by atoms with Crippen molar-refractivity contribution in [1.29, 1.82) is 0 Å². The first kappa shape index (κ1) is 19.9. The van der Waals surface area contributed by atoms with Gasteiger partial charge in [0.15, 0.2) is 0 Å². The molecule has 0 saturated heterocycles. The van der Waals surface area contributed by atoms with Gasteiger partial charge in [-0.05, 0) is 32.4 Å². The third kappa shape index (κ3) is 5.27. The Morgan fingerprint density at radius 1 is 1.30 bits per heavy atom. The maximum atomic E-state index is 12.4. The Hall–Kier alpha value is -3.42. The summed E-state index contributed by atoms with van der Waals surface area (Å²) in [6.07, 6.45) is 3.95. The summed E-state index contributed by atoms with van der Waals surface area (Å²) in [5.74, 6) is 1.54. The van der Waals surface area contributed by atoms with Gasteiger partial charge in [-0.3, -0.25) is 9.59 Å². The van der Waals surface area contributed by atoms with Crippen LogP contribution in [0.25, 0.3) is 0 Å². The molecule has 1 aromatic carbocycles. The number of amides is 1. The minimum atomic E-state index is -0.250. The molecule has 3 rings (SSSR count). The summed E-state index contributed by atoms with van der Waals surface area (Å²) in [6, 6.07) is 7.79. The molecule has 8 heteroatoms. The van der Waals surface area contributed by atoms with Crippen molar-refractivity contribution >= 4 is 18.1 Å². The highest BCUT2D eigenvalue weighted by atomic mass is 16.5. The lowest BCUT2D eigenvalue weighted by Crippen LogP contribution is -2.17. The number of imidazole rings is 1. The van der Waals surface area contributed by atoms with E-state index in [-0.39, 0.29) is 18.8 Å². The summed E-state index contributed by atoms with van der Waals surface area (Å²) >= 11 is 0. The van der Waals surface area contributed by atoms with Crippen LogP contribution in [0.1, 0.15) is 28.4 Å². The molecule has 0 radical (unpaired) electrons. The Kier molecular flexibility index (Phi) is 6.87. The first-order valence-corrected chi connectivity index (χ1v) is 8.31. The standard InChI is InChI=1S/C18H20N4O2.CH2O2/c1-12-16(13(2)24-21-12)10-18(23)20-17-7-5-4-6-15(17)11-22-9-8-19-14(22)3;2-1-3/h4-9H,10-11H2,1-3H3,(H,20,23);1H,(H,2,3). The molecular weight excluding hydrogens is 348 g/mol. The molecule has 0 aliphatic heterocycles. The molecule has 0 aliphatic carbocycles. The fourth-order valence-electron chi connectivity index (χ4n) is 2.64. The molecule has 0 atom stereocenters. The SMILES string of the molecule is Cc1noc(C)c1CC(=O)Nc1ccccc1Cn1ccnc1C.O=CO. The quantitative estimate of drug-likeness (QED) is 0.668. The second-order valence-corrected chi connectivity index (χ2v) is 5.89. The lowest BCUT2D eigenvalue weighted by molar-refractivity contribution is -0.123. The van der Waals surface area contributed by atoms with Crippen LogP contribution in [0.3, 0.4) is 0 Å². The van der Waals surface area contributed by atoms with Gasteiger partial charge in [0, 0.05) is 23.6 Å². The van der Waals surface area contributed by atoms with Crippen molar-refractivity contribution in [2.45, 2.75) is 33.7 Å². The number of carbonyl (C=O) groups is 2. The van der Waals surface area contributed by atoms with E-state index in [4.69, 9.17) is 14.4 Å². The van der Waals surface area contributed by atoms with Gasteiger partial charge < -0.3 is 19.5 Å². The van der Waals surface area contributed by atoms with Gasteiger partial charge in [-0.15, -0.1) is 0 Å². The summed E-state index contributed by atoms with van der Waals surface area (Å²) in [6.45, 7) is 6.03. The molecule has 0 spiro atoms. The molecule has 3 aromatic rings. The zero-order valence-corrected chi connectivity index (χ0v) is 15.5. The first-order valence-electron chi connectivity index (χ1n) is 8.31. The van der Waals surface area contributed by atoms with Gasteiger partial charge in [-0.1, -0.05) is 23.4 Å². The molecule has 0 fully saturated rings. The molecular formula is C19H22N4O4. The first-order chi connectivity index (χ1) is 13.0. The van der Waals surface area contributed by atoms with Gasteiger partial charge in [-0.25, -0.2) is 4.98 Å². The Morgan fingerprint density at radius 2 is 2.00 bits per heavy atom. The number of nitrogens with zero attached hydrogens (tertiary/aromatic N) is 3. The van der Waals surface area contributed by atoms with E-state index in [1.165, 1.54) is 0 Å². The average molecular weight is 370 g/mol. The van der Waals surface area contributed by atoms with Crippen LogP contribution >= 0.6 is 0 Å². The van der Waals surface area contributed by atoms with Crippen LogP contribution < -0.4 is 5.32 Å². The van der Waals surface area contributed by atoms with Gasteiger partial charge in [0.05, 0.1) is 18.7 Å². The second-order valence-electron chi connectivity index (χ2n) is 5.89. The summed E-state index contributed by atoms with van der Waals surface area (Å²) in [5, 5.41) is 13.8. The van der Waals surface area contributed by atoms with Crippen LogP contribution in [0.15, 0.2) is 41.2 Å². The number of hydrogen-bond donors (Lipinski definition) is 2. The summed E-state index contributed by atoms with van der Waals surface area (Å²) < 4.78 is 7.15. The molecule has 2 N–H and O–H groups in total. The van der Waals surface area contributed by atoms with E-state index in [9.17, 15) is 4.79 Å². The van der Waals surface area contributed by atoms with Gasteiger partial charge in [0.2, 0.25) is 5.91 Å². The van der Waals surface area contributed by atoms with E-state index in [0.29, 0.717) is 12.3 Å². The minimum Gasteiger partial charge on any atom is -0.483 e. The van der Waals surface area contributed by atoms with Crippen molar-refractivity contribution in [3.05, 3.63) is 65.1 Å². The van der Waals surface area contributed by atoms with E-state index in [0.717, 1.165) is 28.3 Å². The van der Waals surface area contributed by atoms with Crippen LogP contribution in [0.4, 0.5) is 5.69 Å². The average Bonchev–Trinajstić information content (AvgIpc) is 3.17. The normalized spacial score (nSPS) is 10.0. The van der Waals surface area contributed by atoms with Crippen LogP contribution in [0, 0.1) is 20.8 Å². The van der Waals surface area contributed by atoms with Crippen LogP contribution in [0.5, 0.6) is 0 Å². The molecule has 8 nitrogen and oxygen atoms in total. The number of aromatic nitrogens is 3. The smallest absolute Gasteiger partial charge is 0.290 e. The Morgan fingerprint density at radius 3 is 2.59 bits per heavy atom. The lowest BCUT2D eigenvalue weighted by atomic mass is 10.1. The Labute approximate surface area is 156 Å². The van der Waals surface area contributed by atoms with Gasteiger partial charge >= 0.3 is 0 Å². The van der Waals surface area contributed by atoms with E-state index in [1.54, 1.807) is 6.20 Å². The van der Waals surface area contributed by atoms with E-state index >= 15 is 0 Å². The number of benzene rings is 1. The third-order valence-corrected chi connectivity index (χ3v) is 4.07. The van der Waals surface area contributed by atoms with Gasteiger partial charge in [-0.2, -0.15) is 0 Å². The molecule has 2 aromatic heterocycles. The second kappa shape index (κ2) is 9.33. The van der Waals surface area contributed by atoms with E-state index < -0.39 is 0 Å². The molecule has 0 aliphatic rings. The summed E-state index contributed by atoms with van der Waals surface area (Å²) in [7, 11) is 0. The molecule has 27 heavy (non-hydrogen) atoms. The van der Waals surface area contributed by atoms with Gasteiger partial charge in [0.25, 0.3) is 6.47 Å². The van der Waals surface area contributed by atoms with Crippen LogP contribution in [0.2, 0.25) is 0 Å². The van der Waals surface area contributed by atoms with Crippen molar-refractivity contribution in [1.82, 2.24) is 14.7 Å². The number of carbonyl (C=O) groups excluding carboxylic acids is 1. The predicted octanol–water partition coefficient (Wildman–Crippen LogP) is 2.73. The molecule has 1 amide bonds. The molecule has 0 unspecified atom stereocenters. The topological polar surface area (TPSA) is 110 Å². The fraction of sp³-hybridized carbons (Fsp3) is 0.263. The fourth-order valence-corrected chi connectivity index (χ4v) is 2.64. The minimum absolute atomic E-state index is 0.0841. The van der Waals surface area contributed by atoms with Crippen molar-refractivity contribution in [2.24, 2.45) is 0 Å². The summed E-state index contributed by atoms with van der Waals surface area (Å²) in [5.41, 5.74) is 3.44. The maximum absolute atomic E-state index is 12.4. The largest absolute Gasteiger partial charge is 0.483 e. The van der Waals surface area contributed by atoms with E-state index in [2.05, 4.69) is 15.5 Å². The molecule has 0 saturated carbocycles. The zero-order chi connectivity index (χ0) is 19.8. The Balaban J connectivity index is 0.000000817. The third-order valence-electron chi connectivity index (χ3n) is 4.07. The maximum Gasteiger partial charge on any atom is 0.290 e. The van der Waals surface area contributed by atoms with Crippen molar-refractivity contribution in [3.63, 3.8) is 0 Å². The van der Waals surface area contributed by atoms with Crippen molar-refractivity contribution < 1.29 is 19.2 Å². The number of carboxylic acid groups (broad SMARTS) is 1. The summed E-state index contributed by atoms with van der Waals surface area (Å²) in [4.78, 5) is 25.0. The Bertz CT molecular complexity index is 895. The highest BCUT2D eigenvalue weighted by Gasteiger charge is 2.14. The van der Waals surface area contributed by atoms with E-state index in [1.807, 2.05) is 55.8 Å². The number of rotatable bonds is 5. The number of nitrogens with one attached hydrogen (secondary N) is 1. The molecule has 2 heterocycles. The lowest BCUT2D eigenvalue weighted by Gasteiger charge is -2.12. The van der Waals surface area contributed by atoms with Gasteiger partial charge in [0.1, 0.15) is 11.6 Å². The highest BCUT2D eigenvalue weighted by Crippen LogP contribution is 2.19. The van der Waals surface area contributed by atoms with Crippen LogP contribution in [-0.4, -0.2) is 32.2 Å². The molecule has 0 bridgehead atoms. The molecule has 142 valence electrons. The number of anilines is 1. The predicted molar refractivity (Wildman–Crippen MR) is 99.5 cm³/mol. The van der Waals surface area contributed by atoms with Crippen LogP contribution in [-0.2, 0) is 22.6 Å². The number of para-hydroxylation sites is 1. The monoisotopic (exact) mass is 370 g/mol.